The standard InChI is InChI=1S/C19H22N2O5S/c1-21-12-13(16-9-14(24-2)5-7-17(16)21)11-20-27(22,23)15-6-8-18(25-3)19(10-15)26-4/h5-10,12,20H,11H2,1-4H3. The van der Waals surface area contributed by atoms with Crippen LogP contribution in [-0.2, 0) is 23.6 Å². The van der Waals surface area contributed by atoms with Gasteiger partial charge in [-0.25, -0.2) is 13.1 Å². The van der Waals surface area contributed by atoms with Crippen LogP contribution in [-0.4, -0.2) is 34.3 Å². The fourth-order valence-electron chi connectivity index (χ4n) is 2.96. The van der Waals surface area contributed by atoms with E-state index in [-0.39, 0.29) is 11.4 Å². The largest absolute Gasteiger partial charge is 0.497 e. The summed E-state index contributed by atoms with van der Waals surface area (Å²) in [5.41, 5.74) is 1.85. The quantitative estimate of drug-likeness (QED) is 0.671. The number of nitrogens with zero attached hydrogens (tertiary/aromatic N) is 1. The number of fused-ring (bicyclic) bond motifs is 1. The summed E-state index contributed by atoms with van der Waals surface area (Å²) < 4.78 is 45.6. The van der Waals surface area contributed by atoms with Crippen molar-refractivity contribution in [2.75, 3.05) is 21.3 Å². The summed E-state index contributed by atoms with van der Waals surface area (Å²) in [5.74, 6) is 1.55. The van der Waals surface area contributed by atoms with Crippen LogP contribution in [0.1, 0.15) is 5.56 Å². The zero-order valence-corrected chi connectivity index (χ0v) is 16.5. The molecule has 8 heteroatoms. The van der Waals surface area contributed by atoms with E-state index in [0.717, 1.165) is 22.2 Å². The fourth-order valence-corrected chi connectivity index (χ4v) is 3.98. The van der Waals surface area contributed by atoms with E-state index in [2.05, 4.69) is 4.72 Å². The highest BCUT2D eigenvalue weighted by Gasteiger charge is 2.18. The van der Waals surface area contributed by atoms with Gasteiger partial charge in [-0.1, -0.05) is 0 Å². The molecule has 0 atom stereocenters. The van der Waals surface area contributed by atoms with Crippen molar-refractivity contribution in [3.63, 3.8) is 0 Å². The first-order valence-corrected chi connectivity index (χ1v) is 9.71. The van der Waals surface area contributed by atoms with Crippen LogP contribution in [0.5, 0.6) is 17.2 Å². The van der Waals surface area contributed by atoms with Gasteiger partial charge in [-0.3, -0.25) is 0 Å². The zero-order valence-electron chi connectivity index (χ0n) is 15.6. The number of benzene rings is 2. The molecule has 0 aliphatic rings. The number of hydrogen-bond acceptors (Lipinski definition) is 5. The average molecular weight is 390 g/mol. The SMILES string of the molecule is COc1ccc2c(c1)c(CNS(=O)(=O)c1ccc(OC)c(OC)c1)cn2C. The normalized spacial score (nSPS) is 11.6. The van der Waals surface area contributed by atoms with E-state index in [1.807, 2.05) is 36.0 Å². The number of hydrogen-bond donors (Lipinski definition) is 1. The Labute approximate surface area is 158 Å². The van der Waals surface area contributed by atoms with Crippen LogP contribution in [0.3, 0.4) is 0 Å². The van der Waals surface area contributed by atoms with Gasteiger partial charge in [0.1, 0.15) is 5.75 Å². The molecular formula is C19H22N2O5S. The van der Waals surface area contributed by atoms with Crippen LogP contribution in [0.25, 0.3) is 10.9 Å². The van der Waals surface area contributed by atoms with E-state index in [1.165, 1.54) is 26.4 Å². The van der Waals surface area contributed by atoms with Gasteiger partial charge in [-0.15, -0.1) is 0 Å². The van der Waals surface area contributed by atoms with Gasteiger partial charge in [0.05, 0.1) is 26.2 Å². The Morgan fingerprint density at radius 2 is 1.70 bits per heavy atom. The van der Waals surface area contributed by atoms with Gasteiger partial charge in [0.15, 0.2) is 11.5 Å². The number of sulfonamides is 1. The number of nitrogens with one attached hydrogen (secondary N) is 1. The van der Waals surface area contributed by atoms with Gasteiger partial charge in [-0.05, 0) is 35.9 Å². The van der Waals surface area contributed by atoms with E-state index >= 15 is 0 Å². The summed E-state index contributed by atoms with van der Waals surface area (Å²) >= 11 is 0. The lowest BCUT2D eigenvalue weighted by atomic mass is 10.1. The maximum absolute atomic E-state index is 12.7. The second-order valence-corrected chi connectivity index (χ2v) is 7.76. The molecule has 1 N–H and O–H groups in total. The number of aryl methyl sites for hydroxylation is 1. The molecule has 0 aliphatic carbocycles. The van der Waals surface area contributed by atoms with Crippen LogP contribution >= 0.6 is 0 Å². The van der Waals surface area contributed by atoms with Gasteiger partial charge in [0.25, 0.3) is 0 Å². The molecule has 3 rings (SSSR count). The highest BCUT2D eigenvalue weighted by molar-refractivity contribution is 7.89. The third-order valence-electron chi connectivity index (χ3n) is 4.40. The molecule has 0 spiro atoms. The average Bonchev–Trinajstić information content (AvgIpc) is 3.00. The summed E-state index contributed by atoms with van der Waals surface area (Å²) in [5, 5.41) is 0.937. The lowest BCUT2D eigenvalue weighted by Crippen LogP contribution is -2.23. The number of methoxy groups -OCH3 is 3. The fraction of sp³-hybridized carbons (Fsp3) is 0.263. The molecule has 3 aromatic rings. The highest BCUT2D eigenvalue weighted by atomic mass is 32.2. The Morgan fingerprint density at radius 1 is 0.963 bits per heavy atom. The molecule has 1 heterocycles. The van der Waals surface area contributed by atoms with Gasteiger partial charge in [0, 0.05) is 36.8 Å². The Kier molecular flexibility index (Phi) is 5.29. The highest BCUT2D eigenvalue weighted by Crippen LogP contribution is 2.30. The maximum Gasteiger partial charge on any atom is 0.241 e. The lowest BCUT2D eigenvalue weighted by molar-refractivity contribution is 0.354. The van der Waals surface area contributed by atoms with Gasteiger partial charge in [0.2, 0.25) is 10.0 Å². The minimum atomic E-state index is -3.72. The van der Waals surface area contributed by atoms with Crippen molar-refractivity contribution in [2.45, 2.75) is 11.4 Å². The first-order chi connectivity index (χ1) is 12.9. The summed E-state index contributed by atoms with van der Waals surface area (Å²) in [6, 6.07) is 10.2. The Balaban J connectivity index is 1.89. The van der Waals surface area contributed by atoms with Crippen LogP contribution < -0.4 is 18.9 Å². The predicted octanol–water partition coefficient (Wildman–Crippen LogP) is 2.68. The van der Waals surface area contributed by atoms with Crippen molar-refractivity contribution in [3.8, 4) is 17.2 Å². The molecule has 144 valence electrons. The summed E-state index contributed by atoms with van der Waals surface area (Å²) in [6.45, 7) is 0.154. The van der Waals surface area contributed by atoms with Gasteiger partial charge < -0.3 is 18.8 Å². The van der Waals surface area contributed by atoms with E-state index in [4.69, 9.17) is 14.2 Å². The third-order valence-corrected chi connectivity index (χ3v) is 5.80. The number of ether oxygens (including phenoxy) is 3. The molecule has 0 bridgehead atoms. The van der Waals surface area contributed by atoms with Crippen LogP contribution in [0.4, 0.5) is 0 Å². The van der Waals surface area contributed by atoms with Gasteiger partial charge >= 0.3 is 0 Å². The van der Waals surface area contributed by atoms with Crippen molar-refractivity contribution in [2.24, 2.45) is 7.05 Å². The first-order valence-electron chi connectivity index (χ1n) is 8.23. The predicted molar refractivity (Wildman–Crippen MR) is 103 cm³/mol. The lowest BCUT2D eigenvalue weighted by Gasteiger charge is -2.11. The zero-order chi connectivity index (χ0) is 19.6. The molecule has 0 unspecified atom stereocenters. The second-order valence-electron chi connectivity index (χ2n) is 5.99. The smallest absolute Gasteiger partial charge is 0.241 e. The molecule has 0 saturated carbocycles. The maximum atomic E-state index is 12.7. The second kappa shape index (κ2) is 7.50. The molecule has 27 heavy (non-hydrogen) atoms. The van der Waals surface area contributed by atoms with E-state index < -0.39 is 10.0 Å². The minimum Gasteiger partial charge on any atom is -0.497 e. The third kappa shape index (κ3) is 3.72. The Hall–Kier alpha value is -2.71. The van der Waals surface area contributed by atoms with Gasteiger partial charge in [-0.2, -0.15) is 0 Å². The van der Waals surface area contributed by atoms with Crippen molar-refractivity contribution in [1.29, 1.82) is 0 Å². The molecule has 0 fully saturated rings. The first kappa shape index (κ1) is 19.1. The van der Waals surface area contributed by atoms with E-state index in [1.54, 1.807) is 13.2 Å². The van der Waals surface area contributed by atoms with Crippen molar-refractivity contribution >= 4 is 20.9 Å². The molecular weight excluding hydrogens is 368 g/mol. The van der Waals surface area contributed by atoms with Crippen molar-refractivity contribution in [1.82, 2.24) is 9.29 Å². The van der Waals surface area contributed by atoms with Crippen LogP contribution in [0.15, 0.2) is 47.5 Å². The molecule has 0 radical (unpaired) electrons. The topological polar surface area (TPSA) is 78.8 Å². The molecule has 2 aromatic carbocycles. The summed E-state index contributed by atoms with van der Waals surface area (Å²) in [7, 11) is 2.76. The Bertz CT molecular complexity index is 1070. The van der Waals surface area contributed by atoms with Crippen LogP contribution in [0.2, 0.25) is 0 Å². The van der Waals surface area contributed by atoms with E-state index in [9.17, 15) is 8.42 Å². The minimum absolute atomic E-state index is 0.109. The molecule has 0 amide bonds. The number of rotatable bonds is 7. The van der Waals surface area contributed by atoms with Crippen molar-refractivity contribution < 1.29 is 22.6 Å². The molecule has 0 aliphatic heterocycles. The summed E-state index contributed by atoms with van der Waals surface area (Å²) in [4.78, 5) is 0.109. The monoisotopic (exact) mass is 390 g/mol. The number of aromatic nitrogens is 1. The van der Waals surface area contributed by atoms with Crippen LogP contribution in [0, 0.1) is 0 Å². The molecule has 7 nitrogen and oxygen atoms in total. The molecule has 1 aromatic heterocycles. The Morgan fingerprint density at radius 3 is 2.37 bits per heavy atom. The summed E-state index contributed by atoms with van der Waals surface area (Å²) in [6.07, 6.45) is 1.90. The van der Waals surface area contributed by atoms with Crippen molar-refractivity contribution in [3.05, 3.63) is 48.2 Å². The van der Waals surface area contributed by atoms with E-state index in [0.29, 0.717) is 11.5 Å². The molecule has 0 saturated heterocycles.